The minimum atomic E-state index is -0.594. The molecule has 0 radical (unpaired) electrons. The Morgan fingerprint density at radius 3 is 2.81 bits per heavy atom. The number of halogens is 1. The molecule has 2 rings (SSSR count). The summed E-state index contributed by atoms with van der Waals surface area (Å²) in [6.45, 7) is 5.79. The highest BCUT2D eigenvalue weighted by molar-refractivity contribution is 6.31. The summed E-state index contributed by atoms with van der Waals surface area (Å²) >= 11 is 6.08. The molecule has 0 saturated carbocycles. The zero-order valence-electron chi connectivity index (χ0n) is 12.1. The van der Waals surface area contributed by atoms with Gasteiger partial charge in [-0.1, -0.05) is 29.8 Å². The van der Waals surface area contributed by atoms with Crippen molar-refractivity contribution in [3.8, 4) is 0 Å². The Kier molecular flexibility index (Phi) is 4.47. The van der Waals surface area contributed by atoms with Crippen LogP contribution in [0.15, 0.2) is 35.0 Å². The van der Waals surface area contributed by atoms with Crippen molar-refractivity contribution in [1.82, 2.24) is 5.27 Å². The minimum absolute atomic E-state index is 0.205. The Morgan fingerprint density at radius 2 is 2.14 bits per heavy atom. The summed E-state index contributed by atoms with van der Waals surface area (Å²) in [5, 5.41) is 6.94. The fourth-order valence-corrected chi connectivity index (χ4v) is 1.81. The maximum Gasteiger partial charge on any atom is 0.414 e. The summed E-state index contributed by atoms with van der Waals surface area (Å²) in [4.78, 5) is 11.6. The van der Waals surface area contributed by atoms with Crippen LogP contribution < -0.4 is 10.00 Å². The number of amides is 1. The van der Waals surface area contributed by atoms with Gasteiger partial charge in [-0.2, -0.15) is 0 Å². The molecule has 0 fully saturated rings. The van der Waals surface area contributed by atoms with E-state index in [0.29, 0.717) is 11.6 Å². The first-order valence-corrected chi connectivity index (χ1v) is 6.81. The molecule has 0 unspecified atom stereocenters. The normalized spacial score (nSPS) is 11.2. The predicted octanol–water partition coefficient (Wildman–Crippen LogP) is 3.01. The molecule has 7 heteroatoms. The first-order chi connectivity index (χ1) is 9.83. The van der Waals surface area contributed by atoms with Crippen molar-refractivity contribution in [3.63, 3.8) is 0 Å². The number of carbonyl (C=O) groups is 1. The van der Waals surface area contributed by atoms with E-state index in [1.165, 1.54) is 4.68 Å². The molecule has 0 bridgehead atoms. The molecule has 0 aliphatic carbocycles. The number of ether oxygens (including phenoxy) is 1. The predicted molar refractivity (Wildman–Crippen MR) is 77.1 cm³/mol. The van der Waals surface area contributed by atoms with Crippen LogP contribution in [0, 0.1) is 0 Å². The first-order valence-electron chi connectivity index (χ1n) is 6.43. The summed E-state index contributed by atoms with van der Waals surface area (Å²) in [6, 6.07) is 7.44. The van der Waals surface area contributed by atoms with Crippen LogP contribution in [0.4, 0.5) is 10.7 Å². The molecule has 1 aromatic carbocycles. The fourth-order valence-electron chi connectivity index (χ4n) is 1.61. The highest BCUT2D eigenvalue weighted by atomic mass is 35.5. The summed E-state index contributed by atoms with van der Waals surface area (Å²) in [5.41, 5.74) is 0.332. The second kappa shape index (κ2) is 6.13. The summed E-state index contributed by atoms with van der Waals surface area (Å²) < 4.78 is 11.7. The Bertz CT molecular complexity index is 634. The number of benzene rings is 1. The van der Waals surface area contributed by atoms with Gasteiger partial charge in [-0.05, 0) is 31.5 Å². The number of nitrogens with one attached hydrogen (secondary N) is 1. The van der Waals surface area contributed by atoms with Gasteiger partial charge in [0.1, 0.15) is 5.60 Å². The fraction of sp³-hybridized carbons (Fsp3) is 0.357. The molecule has 0 aliphatic rings. The summed E-state index contributed by atoms with van der Waals surface area (Å²) in [7, 11) is 0. The van der Waals surface area contributed by atoms with Gasteiger partial charge in [-0.15, -0.1) is 0 Å². The molecule has 0 aliphatic heterocycles. The van der Waals surface area contributed by atoms with Gasteiger partial charge in [-0.3, -0.25) is 9.84 Å². The van der Waals surface area contributed by atoms with Gasteiger partial charge in [0.2, 0.25) is 11.8 Å². The monoisotopic (exact) mass is 310 g/mol. The molecule has 21 heavy (non-hydrogen) atoms. The van der Waals surface area contributed by atoms with Crippen LogP contribution in [-0.2, 0) is 11.3 Å². The van der Waals surface area contributed by atoms with E-state index in [1.54, 1.807) is 33.0 Å². The lowest BCUT2D eigenvalue weighted by atomic mass is 10.2. The molecule has 1 heterocycles. The van der Waals surface area contributed by atoms with E-state index in [2.05, 4.69) is 10.6 Å². The topological polar surface area (TPSA) is 68.2 Å². The standard InChI is InChI=1S/C14H16ClN3O3/c1-14(2,3)20-13(19)16-12-9-18(17-21-12)8-10-6-4-5-7-11(10)15/h4-7,9H,8H2,1-3H3/p+1. The quantitative estimate of drug-likeness (QED) is 0.885. The van der Waals surface area contributed by atoms with Crippen LogP contribution in [0.2, 0.25) is 5.02 Å². The van der Waals surface area contributed by atoms with Crippen molar-refractivity contribution in [2.24, 2.45) is 0 Å². The lowest BCUT2D eigenvalue weighted by molar-refractivity contribution is -0.754. The SMILES string of the molecule is CC(C)(C)OC(=O)Nc1c[n+](Cc2ccccc2Cl)no1. The molecule has 112 valence electrons. The van der Waals surface area contributed by atoms with Crippen LogP contribution in [0.5, 0.6) is 0 Å². The van der Waals surface area contributed by atoms with Gasteiger partial charge in [0.15, 0.2) is 0 Å². The first kappa shape index (κ1) is 15.3. The van der Waals surface area contributed by atoms with E-state index in [-0.39, 0.29) is 5.88 Å². The second-order valence-electron chi connectivity index (χ2n) is 5.48. The van der Waals surface area contributed by atoms with Crippen molar-refractivity contribution >= 4 is 23.6 Å². The number of hydrogen-bond acceptors (Lipinski definition) is 4. The molecule has 1 aromatic heterocycles. The summed E-state index contributed by atoms with van der Waals surface area (Å²) in [6.07, 6.45) is 0.969. The third-order valence-electron chi connectivity index (χ3n) is 2.42. The molecule has 0 spiro atoms. The molecule has 0 saturated heterocycles. The van der Waals surface area contributed by atoms with Gasteiger partial charge < -0.3 is 4.74 Å². The van der Waals surface area contributed by atoms with Crippen molar-refractivity contribution in [1.29, 1.82) is 0 Å². The molecule has 6 nitrogen and oxygen atoms in total. The number of anilines is 1. The molecule has 0 atom stereocenters. The smallest absolute Gasteiger partial charge is 0.414 e. The zero-order valence-corrected chi connectivity index (χ0v) is 12.8. The Hall–Kier alpha value is -2.08. The minimum Gasteiger partial charge on any atom is -0.444 e. The van der Waals surface area contributed by atoms with Crippen LogP contribution in [0.1, 0.15) is 26.3 Å². The van der Waals surface area contributed by atoms with Crippen molar-refractivity contribution in [3.05, 3.63) is 41.0 Å². The Labute approximate surface area is 127 Å². The second-order valence-corrected chi connectivity index (χ2v) is 5.89. The van der Waals surface area contributed by atoms with E-state index >= 15 is 0 Å². The van der Waals surface area contributed by atoms with Crippen molar-refractivity contribution < 1.29 is 18.7 Å². The Morgan fingerprint density at radius 1 is 1.43 bits per heavy atom. The van der Waals surface area contributed by atoms with E-state index in [1.807, 2.05) is 18.2 Å². The van der Waals surface area contributed by atoms with E-state index in [0.717, 1.165) is 5.56 Å². The average molecular weight is 311 g/mol. The van der Waals surface area contributed by atoms with Crippen molar-refractivity contribution in [2.45, 2.75) is 32.9 Å². The lowest BCUT2D eigenvalue weighted by Gasteiger charge is -2.18. The highest BCUT2D eigenvalue weighted by Gasteiger charge is 2.20. The van der Waals surface area contributed by atoms with Crippen molar-refractivity contribution in [2.75, 3.05) is 5.32 Å². The third kappa shape index (κ3) is 4.75. The van der Waals surface area contributed by atoms with Crippen LogP contribution in [0.25, 0.3) is 0 Å². The van der Waals surface area contributed by atoms with Gasteiger partial charge in [0.25, 0.3) is 6.20 Å². The molecular formula is C14H17ClN3O3+. The van der Waals surface area contributed by atoms with Gasteiger partial charge in [0, 0.05) is 5.56 Å². The average Bonchev–Trinajstić information content (AvgIpc) is 2.77. The maximum absolute atomic E-state index is 11.6. The van der Waals surface area contributed by atoms with Crippen LogP contribution in [-0.4, -0.2) is 17.0 Å². The molecule has 2 aromatic rings. The van der Waals surface area contributed by atoms with E-state index in [4.69, 9.17) is 20.9 Å². The number of rotatable bonds is 3. The van der Waals surface area contributed by atoms with E-state index in [9.17, 15) is 4.79 Å². The largest absolute Gasteiger partial charge is 0.444 e. The zero-order chi connectivity index (χ0) is 15.5. The maximum atomic E-state index is 11.6. The van der Waals surface area contributed by atoms with Crippen LogP contribution >= 0.6 is 11.6 Å². The molecular weight excluding hydrogens is 294 g/mol. The van der Waals surface area contributed by atoms with Gasteiger partial charge >= 0.3 is 12.0 Å². The van der Waals surface area contributed by atoms with Crippen LogP contribution in [0.3, 0.4) is 0 Å². The molecule has 1 amide bonds. The van der Waals surface area contributed by atoms with Gasteiger partial charge in [0.05, 0.1) is 5.02 Å². The van der Waals surface area contributed by atoms with E-state index < -0.39 is 11.7 Å². The third-order valence-corrected chi connectivity index (χ3v) is 2.79. The molecule has 1 N–H and O–H groups in total. The number of nitrogens with zero attached hydrogens (tertiary/aromatic N) is 2. The van der Waals surface area contributed by atoms with Gasteiger partial charge in [-0.25, -0.2) is 4.79 Å². The summed E-state index contributed by atoms with van der Waals surface area (Å²) in [5.74, 6) is 0.205. The lowest BCUT2D eigenvalue weighted by Crippen LogP contribution is -2.35. The highest BCUT2D eigenvalue weighted by Crippen LogP contribution is 2.14. The number of carbonyl (C=O) groups excluding carboxylic acids is 1. The number of aromatic nitrogens is 2. The number of hydrogen-bond donors (Lipinski definition) is 1. The Balaban J connectivity index is 1.99.